The first-order valence-electron chi connectivity index (χ1n) is 9.74. The van der Waals surface area contributed by atoms with E-state index in [1.54, 1.807) is 24.9 Å². The molecule has 1 aromatic carbocycles. The lowest BCUT2D eigenvalue weighted by atomic mass is 10.1. The molecule has 10 heteroatoms. The van der Waals surface area contributed by atoms with Crippen LogP contribution in [0, 0.1) is 6.92 Å². The minimum absolute atomic E-state index is 0.114. The van der Waals surface area contributed by atoms with Crippen LogP contribution in [0.5, 0.6) is 5.75 Å². The van der Waals surface area contributed by atoms with Gasteiger partial charge in [-0.15, -0.1) is 21.5 Å². The van der Waals surface area contributed by atoms with E-state index >= 15 is 0 Å². The summed E-state index contributed by atoms with van der Waals surface area (Å²) in [5.41, 5.74) is 2.19. The smallest absolute Gasteiger partial charge is 0.341 e. The van der Waals surface area contributed by atoms with Crippen molar-refractivity contribution in [1.82, 2.24) is 14.8 Å². The van der Waals surface area contributed by atoms with Gasteiger partial charge in [0.2, 0.25) is 5.91 Å². The molecule has 1 amide bonds. The molecule has 164 valence electrons. The second-order valence-corrected chi connectivity index (χ2v) is 8.60. The Bertz CT molecular complexity index is 1080. The number of hydrogen-bond donors (Lipinski definition) is 1. The minimum Gasteiger partial charge on any atom is -0.497 e. The number of ether oxygens (including phenoxy) is 2. The van der Waals surface area contributed by atoms with Gasteiger partial charge in [-0.2, -0.15) is 0 Å². The Balaban J connectivity index is 1.72. The first kappa shape index (κ1) is 22.8. The number of thiophene rings is 1. The maximum atomic E-state index is 12.6. The minimum atomic E-state index is -0.413. The highest BCUT2D eigenvalue weighted by Crippen LogP contribution is 2.34. The first-order chi connectivity index (χ1) is 15.0. The number of aromatic nitrogens is 3. The van der Waals surface area contributed by atoms with Crippen molar-refractivity contribution < 1.29 is 19.1 Å². The molecular formula is C21H24N4O4S2. The number of methoxy groups -OCH3 is 1. The van der Waals surface area contributed by atoms with Crippen LogP contribution in [-0.4, -0.2) is 46.1 Å². The van der Waals surface area contributed by atoms with Crippen molar-refractivity contribution in [3.63, 3.8) is 0 Å². The lowest BCUT2D eigenvalue weighted by molar-refractivity contribution is -0.113. The molecule has 2 heterocycles. The number of hydrogen-bond acceptors (Lipinski definition) is 8. The summed E-state index contributed by atoms with van der Waals surface area (Å²) >= 11 is 2.64. The monoisotopic (exact) mass is 460 g/mol. The number of carbonyl (C=O) groups excluding carboxylic acids is 2. The summed E-state index contributed by atoms with van der Waals surface area (Å²) in [5.74, 6) is 0.179. The number of anilines is 1. The van der Waals surface area contributed by atoms with Crippen LogP contribution in [0.25, 0.3) is 5.69 Å². The molecule has 8 nitrogen and oxygen atoms in total. The van der Waals surface area contributed by atoms with Gasteiger partial charge in [0.15, 0.2) is 5.16 Å². The second-order valence-electron chi connectivity index (χ2n) is 6.44. The molecule has 0 saturated carbocycles. The molecule has 0 aliphatic heterocycles. The average Bonchev–Trinajstić information content (AvgIpc) is 3.36. The summed E-state index contributed by atoms with van der Waals surface area (Å²) in [6, 6.07) is 7.49. The molecule has 0 saturated heterocycles. The van der Waals surface area contributed by atoms with Crippen molar-refractivity contribution in [1.29, 1.82) is 0 Å². The quantitative estimate of drug-likeness (QED) is 0.379. The summed E-state index contributed by atoms with van der Waals surface area (Å²) in [7, 11) is 1.60. The molecule has 0 bridgehead atoms. The summed E-state index contributed by atoms with van der Waals surface area (Å²) in [5, 5.41) is 12.0. The van der Waals surface area contributed by atoms with E-state index in [0.29, 0.717) is 27.9 Å². The molecule has 0 atom stereocenters. The Labute approximate surface area is 189 Å². The fraction of sp³-hybridized carbons (Fsp3) is 0.333. The van der Waals surface area contributed by atoms with Crippen LogP contribution in [0.1, 0.15) is 34.6 Å². The number of carbonyl (C=O) groups is 2. The zero-order valence-electron chi connectivity index (χ0n) is 17.8. The summed E-state index contributed by atoms with van der Waals surface area (Å²) in [6.45, 7) is 5.95. The summed E-state index contributed by atoms with van der Waals surface area (Å²) < 4.78 is 12.2. The van der Waals surface area contributed by atoms with Crippen molar-refractivity contribution in [2.45, 2.75) is 32.3 Å². The molecule has 1 N–H and O–H groups in total. The molecule has 3 aromatic rings. The van der Waals surface area contributed by atoms with Crippen LogP contribution in [-0.2, 0) is 16.0 Å². The highest BCUT2D eigenvalue weighted by atomic mass is 32.2. The second kappa shape index (κ2) is 10.5. The predicted octanol–water partition coefficient (Wildman–Crippen LogP) is 4.12. The number of aryl methyl sites for hydroxylation is 1. The third kappa shape index (κ3) is 5.26. The molecule has 0 radical (unpaired) electrons. The van der Waals surface area contributed by atoms with E-state index in [9.17, 15) is 9.59 Å². The van der Waals surface area contributed by atoms with Gasteiger partial charge in [0.25, 0.3) is 0 Å². The standard InChI is InChI=1S/C21H24N4O4S2/c1-5-16-13(3)31-19(18(16)20(27)29-6-2)23-17(26)11-30-21-24-22-12-25(21)14-8-7-9-15(10-14)28-4/h7-10,12H,5-6,11H2,1-4H3,(H,23,26). The number of esters is 1. The Morgan fingerprint density at radius 3 is 2.81 bits per heavy atom. The Kier molecular flexibility index (Phi) is 7.69. The van der Waals surface area contributed by atoms with Crippen molar-refractivity contribution in [2.75, 3.05) is 24.8 Å². The SMILES string of the molecule is CCOC(=O)c1c(NC(=O)CSc2nncn2-c2cccc(OC)c2)sc(C)c1CC. The lowest BCUT2D eigenvalue weighted by Crippen LogP contribution is -2.17. The summed E-state index contributed by atoms with van der Waals surface area (Å²) in [6.07, 6.45) is 2.27. The molecule has 0 spiro atoms. The topological polar surface area (TPSA) is 95.3 Å². The van der Waals surface area contributed by atoms with Gasteiger partial charge >= 0.3 is 5.97 Å². The van der Waals surface area contributed by atoms with Gasteiger partial charge < -0.3 is 14.8 Å². The highest BCUT2D eigenvalue weighted by molar-refractivity contribution is 7.99. The summed E-state index contributed by atoms with van der Waals surface area (Å²) in [4.78, 5) is 26.1. The van der Waals surface area contributed by atoms with Gasteiger partial charge in [0.05, 0.1) is 30.7 Å². The molecule has 0 aliphatic carbocycles. The number of benzene rings is 1. The number of rotatable bonds is 9. The number of thioether (sulfide) groups is 1. The fourth-order valence-electron chi connectivity index (χ4n) is 3.06. The number of nitrogens with zero attached hydrogens (tertiary/aromatic N) is 3. The Hall–Kier alpha value is -2.85. The van der Waals surface area contributed by atoms with Crippen molar-refractivity contribution in [3.8, 4) is 11.4 Å². The third-order valence-corrected chi connectivity index (χ3v) is 6.48. The van der Waals surface area contributed by atoms with Gasteiger partial charge in [0.1, 0.15) is 17.1 Å². The van der Waals surface area contributed by atoms with E-state index in [1.165, 1.54) is 23.1 Å². The number of amides is 1. The van der Waals surface area contributed by atoms with Crippen LogP contribution in [0.15, 0.2) is 35.7 Å². The largest absolute Gasteiger partial charge is 0.497 e. The van der Waals surface area contributed by atoms with E-state index in [2.05, 4.69) is 15.5 Å². The van der Waals surface area contributed by atoms with Gasteiger partial charge in [-0.05, 0) is 38.0 Å². The highest BCUT2D eigenvalue weighted by Gasteiger charge is 2.23. The van der Waals surface area contributed by atoms with Crippen LogP contribution in [0.2, 0.25) is 0 Å². The van der Waals surface area contributed by atoms with Gasteiger partial charge in [0, 0.05) is 10.9 Å². The van der Waals surface area contributed by atoms with Crippen LogP contribution >= 0.6 is 23.1 Å². The zero-order valence-corrected chi connectivity index (χ0v) is 19.4. The zero-order chi connectivity index (χ0) is 22.4. The molecule has 2 aromatic heterocycles. The van der Waals surface area contributed by atoms with E-state index in [-0.39, 0.29) is 18.3 Å². The van der Waals surface area contributed by atoms with E-state index < -0.39 is 5.97 Å². The van der Waals surface area contributed by atoms with Gasteiger partial charge in [-0.25, -0.2) is 4.79 Å². The van der Waals surface area contributed by atoms with Gasteiger partial charge in [-0.1, -0.05) is 24.8 Å². The maximum Gasteiger partial charge on any atom is 0.341 e. The van der Waals surface area contributed by atoms with Crippen molar-refractivity contribution >= 4 is 40.0 Å². The van der Waals surface area contributed by atoms with Crippen molar-refractivity contribution in [3.05, 3.63) is 46.6 Å². The van der Waals surface area contributed by atoms with E-state index in [4.69, 9.17) is 9.47 Å². The molecule has 0 fully saturated rings. The predicted molar refractivity (Wildman–Crippen MR) is 122 cm³/mol. The van der Waals surface area contributed by atoms with E-state index in [0.717, 1.165) is 16.1 Å². The first-order valence-corrected chi connectivity index (χ1v) is 11.5. The fourth-order valence-corrected chi connectivity index (χ4v) is 4.94. The molecular weight excluding hydrogens is 436 g/mol. The van der Waals surface area contributed by atoms with Crippen molar-refractivity contribution in [2.24, 2.45) is 0 Å². The number of nitrogens with one attached hydrogen (secondary N) is 1. The average molecular weight is 461 g/mol. The third-order valence-electron chi connectivity index (χ3n) is 4.48. The molecule has 0 unspecified atom stereocenters. The maximum absolute atomic E-state index is 12.6. The van der Waals surface area contributed by atoms with Gasteiger partial charge in [-0.3, -0.25) is 9.36 Å². The lowest BCUT2D eigenvalue weighted by Gasteiger charge is -2.09. The molecule has 31 heavy (non-hydrogen) atoms. The van der Waals surface area contributed by atoms with E-state index in [1.807, 2.05) is 38.1 Å². The molecule has 3 rings (SSSR count). The Morgan fingerprint density at radius 2 is 2.10 bits per heavy atom. The normalized spacial score (nSPS) is 10.7. The van der Waals surface area contributed by atoms with Crippen LogP contribution < -0.4 is 10.1 Å². The van der Waals surface area contributed by atoms with Crippen LogP contribution in [0.3, 0.4) is 0 Å². The van der Waals surface area contributed by atoms with Crippen LogP contribution in [0.4, 0.5) is 5.00 Å². The Morgan fingerprint density at radius 1 is 1.29 bits per heavy atom. The molecule has 0 aliphatic rings.